The number of pyridine rings is 3. The van der Waals surface area contributed by atoms with Gasteiger partial charge in [-0.25, -0.2) is 28.6 Å². The van der Waals surface area contributed by atoms with Crippen molar-refractivity contribution in [2.75, 3.05) is 63.3 Å². The molecular formula is C57H65FN8O24P4. The van der Waals surface area contributed by atoms with Gasteiger partial charge in [0.1, 0.15) is 35.4 Å². The Morgan fingerprint density at radius 3 is 1.70 bits per heavy atom. The van der Waals surface area contributed by atoms with E-state index in [1.807, 2.05) is 16.4 Å². The van der Waals surface area contributed by atoms with Gasteiger partial charge in [0, 0.05) is 57.2 Å². The summed E-state index contributed by atoms with van der Waals surface area (Å²) in [5.41, 5.74) is -0.600. The largest absolute Gasteiger partial charge is 0.492 e. The SMILES string of the molecule is CO/N=C1/CN(c2nc3c(cc2F)c(=O)c(C(=O)O)cn3C2CC2)CC12CN(C(=O)Oc1ccc(CC(P(=O)(O)O)P(=O)(O)O)cc1)C2.COc1c(N2C[C@@H](C)C[C@H](NC(=O)Oc3ccc(CC(P(=O)(O)O)P(=O)(O)O)cc3)C2)ccc2c(=O)c(C(=O)O)cn(C3CC3)c12. The fourth-order valence-electron chi connectivity index (χ4n) is 12.0. The lowest BCUT2D eigenvalue weighted by Crippen LogP contribution is -2.63. The van der Waals surface area contributed by atoms with Crippen LogP contribution in [0.4, 0.5) is 25.5 Å². The van der Waals surface area contributed by atoms with Gasteiger partial charge in [0.05, 0.1) is 52.8 Å². The number of ether oxygens (including phenoxy) is 3. The normalized spacial score (nSPS) is 18.7. The zero-order chi connectivity index (χ0) is 68.3. The Hall–Kier alpha value is -7.89. The van der Waals surface area contributed by atoms with Crippen LogP contribution in [0.3, 0.4) is 0 Å². The molecule has 0 unspecified atom stereocenters. The van der Waals surface area contributed by atoms with Crippen molar-refractivity contribution in [2.24, 2.45) is 16.5 Å². The summed E-state index contributed by atoms with van der Waals surface area (Å²) >= 11 is 0. The van der Waals surface area contributed by atoms with Crippen molar-refractivity contribution in [3.05, 3.63) is 128 Å². The minimum absolute atomic E-state index is 0.0578. The molecule has 94 heavy (non-hydrogen) atoms. The maximum absolute atomic E-state index is 15.5. The summed E-state index contributed by atoms with van der Waals surface area (Å²) in [5.74, 6) is -2.85. The molecule has 37 heteroatoms. The van der Waals surface area contributed by atoms with Crippen LogP contribution in [0.1, 0.15) is 83.0 Å². The Kier molecular flexibility index (Phi) is 19.3. The van der Waals surface area contributed by atoms with E-state index >= 15 is 4.39 Å². The number of hydrogen-bond donors (Lipinski definition) is 11. The van der Waals surface area contributed by atoms with Gasteiger partial charge < -0.3 is 97.6 Å². The van der Waals surface area contributed by atoms with E-state index in [1.165, 1.54) is 80.0 Å². The highest BCUT2D eigenvalue weighted by atomic mass is 31.2. The molecule has 5 fully saturated rings. The van der Waals surface area contributed by atoms with Crippen LogP contribution >= 0.6 is 30.4 Å². The van der Waals surface area contributed by atoms with Crippen LogP contribution in [-0.2, 0) is 35.9 Å². The molecule has 6 aromatic rings. The molecule has 3 saturated heterocycles. The molecule has 2 atom stereocenters. The predicted molar refractivity (Wildman–Crippen MR) is 333 cm³/mol. The summed E-state index contributed by atoms with van der Waals surface area (Å²) in [6, 6.07) is 14.7. The van der Waals surface area contributed by atoms with Gasteiger partial charge in [0.2, 0.25) is 10.9 Å². The van der Waals surface area contributed by atoms with Crippen LogP contribution in [0.2, 0.25) is 0 Å². The zero-order valence-electron chi connectivity index (χ0n) is 50.1. The third kappa shape index (κ3) is 15.0. The van der Waals surface area contributed by atoms with Crippen molar-refractivity contribution in [2.45, 2.75) is 80.8 Å². The van der Waals surface area contributed by atoms with Gasteiger partial charge >= 0.3 is 54.5 Å². The number of carbonyl (C=O) groups excluding carboxylic acids is 2. The van der Waals surface area contributed by atoms with Gasteiger partial charge in [0.25, 0.3) is 0 Å². The van der Waals surface area contributed by atoms with Gasteiger partial charge in [-0.2, -0.15) is 0 Å². The lowest BCUT2D eigenvalue weighted by atomic mass is 9.78. The van der Waals surface area contributed by atoms with Crippen molar-refractivity contribution in [1.82, 2.24) is 24.3 Å². The Balaban J connectivity index is 0.000000205. The number of methoxy groups -OCH3 is 1. The topological polar surface area (TPSA) is 467 Å². The van der Waals surface area contributed by atoms with E-state index in [0.29, 0.717) is 42.2 Å². The number of benzene rings is 3. The molecule has 3 aromatic heterocycles. The second-order valence-corrected chi connectivity index (χ2v) is 31.9. The van der Waals surface area contributed by atoms with E-state index in [-0.39, 0.29) is 101 Å². The highest BCUT2D eigenvalue weighted by Crippen LogP contribution is 2.62. The molecule has 3 aliphatic heterocycles. The van der Waals surface area contributed by atoms with Crippen molar-refractivity contribution < 1.29 is 110 Å². The molecule has 0 bridgehead atoms. The number of carboxylic acids is 2. The first-order chi connectivity index (χ1) is 44.1. The van der Waals surface area contributed by atoms with Gasteiger partial charge in [0.15, 0.2) is 28.2 Å². The van der Waals surface area contributed by atoms with Crippen molar-refractivity contribution in [3.63, 3.8) is 0 Å². The Morgan fingerprint density at radius 1 is 0.691 bits per heavy atom. The second-order valence-electron chi connectivity index (χ2n) is 23.9. The standard InChI is InChI=1S/C29H35N3O12P2.C28H30FN5O12P2/c1-16-11-18(30-29(36)44-20-7-3-17(4-8-20)12-24(45(37,38)39)46(40,41)42)14-31(13-16)23-10-9-21-25(27(23)43-2)32(19-5-6-19)15-22(26(21)33)28(34)35;1-45-31-21-11-32(25-20(29)9-18-23(35)19(26(36)37)10-34(16-4-5-16)24(18)30-25)12-28(21)13-33(14-28)27(38)46-17-6-2-15(3-7-17)8-22(47(39,40)41)48(42,43)44/h3-4,7-10,15-16,18-19,24H,5-6,11-14H2,1-2H3,(H,30,36)(H,34,35)(H2,37,38,39)(H2,40,41,42);2-3,6-7,9-10,16,22H,4-5,8,11-14H2,1H3,(H,36,37)(H2,39,40,41)(H2,42,43,44)/b;31-21-/t16-,18-;/m0./s1. The number of fused-ring (bicyclic) bond motifs is 2. The number of nitrogens with zero attached hydrogens (tertiary/aromatic N) is 7. The van der Waals surface area contributed by atoms with E-state index in [9.17, 15) is 96.4 Å². The molecule has 2 aliphatic carbocycles. The number of carboxylic acid groups (broad SMARTS) is 2. The highest BCUT2D eigenvalue weighted by Gasteiger charge is 2.56. The summed E-state index contributed by atoms with van der Waals surface area (Å²) in [6.07, 6.45) is 3.82. The summed E-state index contributed by atoms with van der Waals surface area (Å²) < 4.78 is 82.0. The number of piperidine rings is 1. The second kappa shape index (κ2) is 26.4. The van der Waals surface area contributed by atoms with Crippen LogP contribution in [0.15, 0.2) is 93.9 Å². The van der Waals surface area contributed by atoms with Crippen LogP contribution in [0, 0.1) is 17.2 Å². The number of halogens is 1. The summed E-state index contributed by atoms with van der Waals surface area (Å²) in [7, 11) is -17.6. The first kappa shape index (κ1) is 69.0. The van der Waals surface area contributed by atoms with Crippen LogP contribution < -0.4 is 40.2 Å². The number of amides is 2. The Bertz CT molecular complexity index is 4320. The molecule has 6 heterocycles. The molecular weight excluding hydrogens is 1320 g/mol. The number of carbonyl (C=O) groups is 4. The van der Waals surface area contributed by atoms with Crippen molar-refractivity contribution in [1.29, 1.82) is 0 Å². The first-order valence-electron chi connectivity index (χ1n) is 29.0. The molecule has 11 rings (SSSR count). The van der Waals surface area contributed by atoms with Crippen LogP contribution in [0.25, 0.3) is 21.9 Å². The number of oxime groups is 1. The fraction of sp³-hybridized carbons (Fsp3) is 0.404. The van der Waals surface area contributed by atoms with Crippen molar-refractivity contribution in [3.8, 4) is 17.2 Å². The highest BCUT2D eigenvalue weighted by molar-refractivity contribution is 7.71. The molecule has 3 aromatic carbocycles. The van der Waals surface area contributed by atoms with E-state index in [2.05, 4.69) is 15.5 Å². The summed E-state index contributed by atoms with van der Waals surface area (Å²) in [5, 5.41) is 21.8. The fourth-order valence-corrected chi connectivity index (χ4v) is 17.0. The first-order valence-corrected chi connectivity index (χ1v) is 35.7. The molecule has 2 amide bonds. The molecule has 5 aliphatic rings. The molecule has 504 valence electrons. The Labute approximate surface area is 531 Å². The Morgan fingerprint density at radius 2 is 1.20 bits per heavy atom. The smallest absolute Gasteiger partial charge is 0.415 e. The number of likely N-dealkylation sites (tertiary alicyclic amines) is 1. The number of hydrogen-bond acceptors (Lipinski definition) is 18. The van der Waals surface area contributed by atoms with Crippen LogP contribution in [-0.4, -0.2) is 169 Å². The van der Waals surface area contributed by atoms with E-state index in [0.717, 1.165) is 31.7 Å². The average Bonchev–Trinajstić information content (AvgIpc) is 0.908. The third-order valence-electron chi connectivity index (χ3n) is 16.8. The maximum Gasteiger partial charge on any atom is 0.415 e. The monoisotopic (exact) mass is 1390 g/mol. The summed E-state index contributed by atoms with van der Waals surface area (Å²) in [4.78, 5) is 165. The van der Waals surface area contributed by atoms with Crippen molar-refractivity contribution >= 4 is 93.7 Å². The van der Waals surface area contributed by atoms with Gasteiger partial charge in [-0.3, -0.25) is 27.8 Å². The number of anilines is 2. The number of aromatic carboxylic acids is 2. The number of rotatable bonds is 19. The number of nitrogens with one attached hydrogen (secondary N) is 1. The zero-order valence-corrected chi connectivity index (χ0v) is 53.7. The number of aromatic nitrogens is 3. The third-order valence-corrected chi connectivity index (χ3v) is 24.2. The lowest BCUT2D eigenvalue weighted by molar-refractivity contribution is 0.0638. The molecule has 11 N–H and O–H groups in total. The minimum atomic E-state index is -5.11. The average molecular weight is 1390 g/mol. The van der Waals surface area contributed by atoms with E-state index in [1.54, 1.807) is 21.6 Å². The maximum atomic E-state index is 15.5. The predicted octanol–water partition coefficient (Wildman–Crippen LogP) is 5.39. The minimum Gasteiger partial charge on any atom is -0.492 e. The van der Waals surface area contributed by atoms with Crippen LogP contribution in [0.5, 0.6) is 17.2 Å². The van der Waals surface area contributed by atoms with Gasteiger partial charge in [-0.15, -0.1) is 0 Å². The molecule has 0 radical (unpaired) electrons. The molecule has 1 spiro atoms. The quantitative estimate of drug-likeness (QED) is 0.0358. The van der Waals surface area contributed by atoms with E-state index in [4.69, 9.17) is 19.0 Å². The van der Waals surface area contributed by atoms with E-state index < -0.39 is 106 Å². The summed E-state index contributed by atoms with van der Waals surface area (Å²) in [6.45, 7) is 3.57. The van der Waals surface area contributed by atoms with Gasteiger partial charge in [-0.1, -0.05) is 36.3 Å². The molecule has 32 nitrogen and oxygen atoms in total. The van der Waals surface area contributed by atoms with Gasteiger partial charge in [-0.05, 0) is 104 Å². The lowest BCUT2D eigenvalue weighted by Gasteiger charge is -2.46. The molecule has 2 saturated carbocycles.